The van der Waals surface area contributed by atoms with Crippen molar-refractivity contribution in [3.63, 3.8) is 0 Å². The minimum atomic E-state index is -1.00. The fourth-order valence-corrected chi connectivity index (χ4v) is 4.27. The lowest BCUT2D eigenvalue weighted by molar-refractivity contribution is -0.141. The van der Waals surface area contributed by atoms with Crippen LogP contribution in [-0.4, -0.2) is 60.1 Å². The second-order valence-corrected chi connectivity index (χ2v) is 8.36. The third-order valence-corrected chi connectivity index (χ3v) is 6.18. The number of fused-ring (bicyclic) bond motifs is 1. The molecule has 1 aliphatic heterocycles. The summed E-state index contributed by atoms with van der Waals surface area (Å²) in [5.74, 6) is 0.938. The van der Waals surface area contributed by atoms with Gasteiger partial charge < -0.3 is 20.9 Å². The number of nitrogens with one attached hydrogen (secondary N) is 3. The highest BCUT2D eigenvalue weighted by Crippen LogP contribution is 2.30. The van der Waals surface area contributed by atoms with Crippen LogP contribution in [-0.2, 0) is 25.6 Å². The molecule has 0 bridgehead atoms. The fourth-order valence-electron chi connectivity index (χ4n) is 4.27. The van der Waals surface area contributed by atoms with Crippen LogP contribution in [0.25, 0.3) is 0 Å². The highest BCUT2D eigenvalue weighted by atomic mass is 16.2. The lowest BCUT2D eigenvalue weighted by Crippen LogP contribution is -2.55. The van der Waals surface area contributed by atoms with Gasteiger partial charge in [-0.1, -0.05) is 24.3 Å². The third kappa shape index (κ3) is 5.17. The van der Waals surface area contributed by atoms with Gasteiger partial charge in [0.1, 0.15) is 12.1 Å². The smallest absolute Gasteiger partial charge is 0.247 e. The van der Waals surface area contributed by atoms with Crippen LogP contribution in [0.2, 0.25) is 0 Å². The molecule has 1 heterocycles. The van der Waals surface area contributed by atoms with Crippen LogP contribution in [0.5, 0.6) is 0 Å². The van der Waals surface area contributed by atoms with Gasteiger partial charge in [-0.2, -0.15) is 0 Å². The Balaban J connectivity index is 1.74. The zero-order valence-corrected chi connectivity index (χ0v) is 18.5. The lowest BCUT2D eigenvalue weighted by Gasteiger charge is -2.31. The molecule has 170 valence electrons. The molecule has 1 aliphatic carbocycles. The van der Waals surface area contributed by atoms with Gasteiger partial charge in [-0.3, -0.25) is 19.2 Å². The van der Waals surface area contributed by atoms with E-state index >= 15 is 0 Å². The van der Waals surface area contributed by atoms with E-state index in [0.29, 0.717) is 0 Å². The van der Waals surface area contributed by atoms with Gasteiger partial charge in [0.2, 0.25) is 17.7 Å². The van der Waals surface area contributed by atoms with Crippen molar-refractivity contribution in [3.8, 4) is 12.3 Å². The van der Waals surface area contributed by atoms with Crippen molar-refractivity contribution < 1.29 is 19.2 Å². The highest BCUT2D eigenvalue weighted by molar-refractivity contribution is 6.01. The number of benzene rings is 1. The topological polar surface area (TPSA) is 108 Å². The van der Waals surface area contributed by atoms with Crippen LogP contribution in [0.3, 0.4) is 0 Å². The summed E-state index contributed by atoms with van der Waals surface area (Å²) in [6, 6.07) is 5.39. The Hall–Kier alpha value is -3.18. The molecule has 8 nitrogen and oxygen atoms in total. The van der Waals surface area contributed by atoms with E-state index in [9.17, 15) is 19.2 Å². The number of hydrogen-bond donors (Lipinski definition) is 3. The van der Waals surface area contributed by atoms with E-state index in [1.54, 1.807) is 14.0 Å². The zero-order chi connectivity index (χ0) is 23.3. The van der Waals surface area contributed by atoms with Crippen molar-refractivity contribution in [1.29, 1.82) is 0 Å². The predicted octanol–water partition coefficient (Wildman–Crippen LogP) is 0.466. The van der Waals surface area contributed by atoms with Gasteiger partial charge in [0.15, 0.2) is 5.78 Å². The lowest BCUT2D eigenvalue weighted by atomic mass is 9.87. The number of carbonyl (C=O) groups excluding carboxylic acids is 4. The summed E-state index contributed by atoms with van der Waals surface area (Å²) in [6.07, 6.45) is 8.05. The van der Waals surface area contributed by atoms with Crippen molar-refractivity contribution in [2.45, 2.75) is 63.2 Å². The number of amides is 3. The van der Waals surface area contributed by atoms with Gasteiger partial charge >= 0.3 is 0 Å². The van der Waals surface area contributed by atoms with Crippen LogP contribution in [0.15, 0.2) is 24.3 Å². The molecular weight excluding hydrogens is 408 g/mol. The number of Topliss-reactive ketones (excluding diaryl/α,β-unsaturated/α-hetero) is 1. The molecule has 0 spiro atoms. The molecule has 3 amide bonds. The van der Waals surface area contributed by atoms with Crippen molar-refractivity contribution in [3.05, 3.63) is 35.4 Å². The number of carbonyl (C=O) groups is 4. The van der Waals surface area contributed by atoms with Crippen molar-refractivity contribution in [2.24, 2.45) is 0 Å². The van der Waals surface area contributed by atoms with Gasteiger partial charge in [0.25, 0.3) is 0 Å². The molecular formula is C24H30N4O4. The number of likely N-dealkylation sites (tertiary alicyclic amines) is 1. The zero-order valence-electron chi connectivity index (χ0n) is 18.5. The Kier molecular flexibility index (Phi) is 7.65. The average molecular weight is 439 g/mol. The first kappa shape index (κ1) is 23.5. The first-order valence-corrected chi connectivity index (χ1v) is 11.0. The molecule has 1 fully saturated rings. The standard InChI is InChI=1S/C24H30N4O4/c1-4-8-20(27-22(30)15(2)25-3)24(32)28-14-17(29)13-21(28)23(31)26-19-12-7-10-16-9-5-6-11-18(16)19/h1,5-6,9,11,15,19-21,25H,7-8,10,12-14H2,2-3H3,(H,26,31)(H,27,30). The number of likely N-dealkylation sites (N-methyl/N-ethyl adjacent to an activating group) is 1. The normalized spacial score (nSPS) is 21.8. The fraction of sp³-hybridized carbons (Fsp3) is 0.500. The minimum absolute atomic E-state index is 0.0317. The van der Waals surface area contributed by atoms with Crippen LogP contribution in [0, 0.1) is 12.3 Å². The Bertz CT molecular complexity index is 938. The molecule has 0 saturated carbocycles. The number of terminal acetylenes is 1. The van der Waals surface area contributed by atoms with E-state index in [-0.39, 0.29) is 43.0 Å². The van der Waals surface area contributed by atoms with Crippen molar-refractivity contribution in [1.82, 2.24) is 20.9 Å². The molecule has 1 aromatic rings. The van der Waals surface area contributed by atoms with Gasteiger partial charge in [-0.25, -0.2) is 0 Å². The molecule has 4 unspecified atom stereocenters. The van der Waals surface area contributed by atoms with Crippen LogP contribution >= 0.6 is 0 Å². The van der Waals surface area contributed by atoms with E-state index in [4.69, 9.17) is 6.42 Å². The number of rotatable bonds is 7. The second-order valence-electron chi connectivity index (χ2n) is 8.36. The highest BCUT2D eigenvalue weighted by Gasteiger charge is 2.42. The summed E-state index contributed by atoms with van der Waals surface area (Å²) in [6.45, 7) is 1.49. The maximum absolute atomic E-state index is 13.2. The summed E-state index contributed by atoms with van der Waals surface area (Å²) in [5, 5.41) is 8.48. The SMILES string of the molecule is C#CCC(NC(=O)C(C)NC)C(=O)N1CC(=O)CC1C(=O)NC1CCCc2ccccc21. The van der Waals surface area contributed by atoms with Gasteiger partial charge in [0, 0.05) is 12.8 Å². The summed E-state index contributed by atoms with van der Waals surface area (Å²) < 4.78 is 0. The minimum Gasteiger partial charge on any atom is -0.347 e. The summed E-state index contributed by atoms with van der Waals surface area (Å²) >= 11 is 0. The first-order valence-electron chi connectivity index (χ1n) is 11.0. The largest absolute Gasteiger partial charge is 0.347 e. The summed E-state index contributed by atoms with van der Waals surface area (Å²) in [5.41, 5.74) is 2.28. The quantitative estimate of drug-likeness (QED) is 0.537. The van der Waals surface area contributed by atoms with E-state index in [2.05, 4.69) is 27.9 Å². The molecule has 1 saturated heterocycles. The van der Waals surface area contributed by atoms with Crippen LogP contribution in [0.4, 0.5) is 0 Å². The Morgan fingerprint density at radius 1 is 1.28 bits per heavy atom. The average Bonchev–Trinajstić information content (AvgIpc) is 3.19. The molecule has 1 aromatic carbocycles. The van der Waals surface area contributed by atoms with Gasteiger partial charge in [-0.15, -0.1) is 12.3 Å². The molecule has 4 atom stereocenters. The molecule has 2 aliphatic rings. The molecule has 32 heavy (non-hydrogen) atoms. The van der Waals surface area contributed by atoms with E-state index in [1.165, 1.54) is 10.5 Å². The number of aryl methyl sites for hydroxylation is 1. The monoisotopic (exact) mass is 438 g/mol. The van der Waals surface area contributed by atoms with E-state index in [1.807, 2.05) is 18.2 Å². The van der Waals surface area contributed by atoms with Gasteiger partial charge in [-0.05, 0) is 44.4 Å². The maximum Gasteiger partial charge on any atom is 0.247 e. The maximum atomic E-state index is 13.2. The Labute approximate surface area is 188 Å². The summed E-state index contributed by atoms with van der Waals surface area (Å²) in [4.78, 5) is 52.1. The second kappa shape index (κ2) is 10.4. The number of hydrogen-bond acceptors (Lipinski definition) is 5. The van der Waals surface area contributed by atoms with E-state index in [0.717, 1.165) is 24.8 Å². The Morgan fingerprint density at radius 3 is 2.75 bits per heavy atom. The molecule has 8 heteroatoms. The predicted molar refractivity (Wildman–Crippen MR) is 119 cm³/mol. The molecule has 3 rings (SSSR count). The van der Waals surface area contributed by atoms with Crippen molar-refractivity contribution in [2.75, 3.05) is 13.6 Å². The number of nitrogens with zero attached hydrogens (tertiary/aromatic N) is 1. The van der Waals surface area contributed by atoms with Gasteiger partial charge in [0.05, 0.1) is 18.6 Å². The molecule has 0 aromatic heterocycles. The first-order chi connectivity index (χ1) is 15.3. The van der Waals surface area contributed by atoms with Crippen LogP contribution < -0.4 is 16.0 Å². The Morgan fingerprint density at radius 2 is 2.03 bits per heavy atom. The van der Waals surface area contributed by atoms with Crippen LogP contribution in [0.1, 0.15) is 49.8 Å². The molecule has 3 N–H and O–H groups in total. The summed E-state index contributed by atoms with van der Waals surface area (Å²) in [7, 11) is 1.63. The van der Waals surface area contributed by atoms with E-state index < -0.39 is 24.0 Å². The number of ketones is 1. The molecule has 0 radical (unpaired) electrons. The van der Waals surface area contributed by atoms with Crippen molar-refractivity contribution >= 4 is 23.5 Å². The third-order valence-electron chi connectivity index (χ3n) is 6.18.